The van der Waals surface area contributed by atoms with E-state index in [1.807, 2.05) is 30.3 Å². The highest BCUT2D eigenvalue weighted by Gasteiger charge is 2.32. The zero-order valence-corrected chi connectivity index (χ0v) is 17.3. The number of nitrogens with zero attached hydrogens (tertiary/aromatic N) is 1. The SMILES string of the molecule is NCCCC[C@H](N)C(=O)NCCn1c2c(c3ccccc3c1=O)C(=O)c1ccccc1-2. The van der Waals surface area contributed by atoms with Gasteiger partial charge in [0.05, 0.1) is 17.3 Å². The molecule has 7 heteroatoms. The molecule has 0 aliphatic heterocycles. The van der Waals surface area contributed by atoms with Gasteiger partial charge in [-0.15, -0.1) is 0 Å². The van der Waals surface area contributed by atoms with E-state index >= 15 is 0 Å². The molecular formula is C24H26N4O3. The van der Waals surface area contributed by atoms with Gasteiger partial charge in [0.2, 0.25) is 5.91 Å². The van der Waals surface area contributed by atoms with Crippen molar-refractivity contribution >= 4 is 22.5 Å². The van der Waals surface area contributed by atoms with Gasteiger partial charge in [0.25, 0.3) is 5.56 Å². The standard InChI is InChI=1S/C24H26N4O3/c25-12-6-5-11-19(26)23(30)27-13-14-28-21-16-8-2-3-9-17(16)22(29)20(21)15-7-1-4-10-18(15)24(28)31/h1-4,7-10,19H,5-6,11-14,25-26H2,(H,27,30)/t19-/m0/s1. The number of unbranched alkanes of at least 4 members (excludes halogenated alkanes) is 1. The summed E-state index contributed by atoms with van der Waals surface area (Å²) in [6.07, 6.45) is 2.19. The third-order valence-corrected chi connectivity index (χ3v) is 5.77. The van der Waals surface area contributed by atoms with Crippen LogP contribution < -0.4 is 22.3 Å². The fraction of sp³-hybridized carbons (Fsp3) is 0.292. The number of carbonyl (C=O) groups excluding carboxylic acids is 2. The van der Waals surface area contributed by atoms with Crippen LogP contribution in [0.2, 0.25) is 0 Å². The number of amides is 1. The zero-order valence-electron chi connectivity index (χ0n) is 17.3. The van der Waals surface area contributed by atoms with Crippen molar-refractivity contribution in [3.05, 3.63) is 70.0 Å². The Kier molecular flexibility index (Phi) is 5.97. The summed E-state index contributed by atoms with van der Waals surface area (Å²) in [5.41, 5.74) is 13.7. The Balaban J connectivity index is 1.65. The van der Waals surface area contributed by atoms with Gasteiger partial charge in [-0.25, -0.2) is 0 Å². The maximum atomic E-state index is 13.3. The lowest BCUT2D eigenvalue weighted by atomic mass is 10.0. The molecule has 7 nitrogen and oxygen atoms in total. The van der Waals surface area contributed by atoms with Gasteiger partial charge >= 0.3 is 0 Å². The molecule has 1 heterocycles. The van der Waals surface area contributed by atoms with E-state index in [-0.39, 0.29) is 30.3 Å². The summed E-state index contributed by atoms with van der Waals surface area (Å²) in [6.45, 7) is 1.06. The van der Waals surface area contributed by atoms with Crippen molar-refractivity contribution in [1.82, 2.24) is 9.88 Å². The molecule has 160 valence electrons. The van der Waals surface area contributed by atoms with E-state index in [4.69, 9.17) is 11.5 Å². The third kappa shape index (κ3) is 3.78. The van der Waals surface area contributed by atoms with Gasteiger partial charge in [0.1, 0.15) is 0 Å². The first-order chi connectivity index (χ1) is 15.0. The lowest BCUT2D eigenvalue weighted by Gasteiger charge is -2.16. The molecule has 0 unspecified atom stereocenters. The first-order valence-electron chi connectivity index (χ1n) is 10.6. The molecule has 0 saturated heterocycles. The molecule has 1 aromatic heterocycles. The molecule has 1 atom stereocenters. The number of nitrogens with two attached hydrogens (primary N) is 2. The monoisotopic (exact) mass is 418 g/mol. The fourth-order valence-corrected chi connectivity index (χ4v) is 4.20. The van der Waals surface area contributed by atoms with Gasteiger partial charge in [-0.2, -0.15) is 0 Å². The van der Waals surface area contributed by atoms with Crippen molar-refractivity contribution < 1.29 is 9.59 Å². The molecule has 5 N–H and O–H groups in total. The quantitative estimate of drug-likeness (QED) is 0.377. The van der Waals surface area contributed by atoms with Crippen molar-refractivity contribution in [2.24, 2.45) is 11.5 Å². The van der Waals surface area contributed by atoms with Gasteiger partial charge in [0, 0.05) is 35.0 Å². The van der Waals surface area contributed by atoms with Crippen LogP contribution in [0.4, 0.5) is 0 Å². The van der Waals surface area contributed by atoms with Crippen molar-refractivity contribution in [2.75, 3.05) is 13.1 Å². The summed E-state index contributed by atoms with van der Waals surface area (Å²) in [4.78, 5) is 38.7. The highest BCUT2D eigenvalue weighted by Crippen LogP contribution is 2.38. The van der Waals surface area contributed by atoms with E-state index in [2.05, 4.69) is 5.32 Å². The molecule has 31 heavy (non-hydrogen) atoms. The lowest BCUT2D eigenvalue weighted by Crippen LogP contribution is -2.42. The minimum absolute atomic E-state index is 0.0819. The predicted molar refractivity (Wildman–Crippen MR) is 121 cm³/mol. The van der Waals surface area contributed by atoms with E-state index in [0.29, 0.717) is 40.6 Å². The molecule has 4 rings (SSSR count). The van der Waals surface area contributed by atoms with E-state index in [1.165, 1.54) is 0 Å². The number of rotatable bonds is 8. The number of benzene rings is 2. The summed E-state index contributed by atoms with van der Waals surface area (Å²) in [5.74, 6) is -0.333. The normalized spacial score (nSPS) is 13.2. The summed E-state index contributed by atoms with van der Waals surface area (Å²) in [5, 5.41) is 3.97. The van der Waals surface area contributed by atoms with Crippen LogP contribution in [0, 0.1) is 0 Å². The maximum Gasteiger partial charge on any atom is 0.259 e. The minimum Gasteiger partial charge on any atom is -0.353 e. The lowest BCUT2D eigenvalue weighted by molar-refractivity contribution is -0.122. The highest BCUT2D eigenvalue weighted by molar-refractivity contribution is 6.26. The molecular weight excluding hydrogens is 392 g/mol. The van der Waals surface area contributed by atoms with Crippen molar-refractivity contribution in [2.45, 2.75) is 31.8 Å². The number of ketones is 1. The average molecular weight is 418 g/mol. The Labute approximate surface area is 180 Å². The molecule has 1 aliphatic carbocycles. The molecule has 2 aromatic carbocycles. The van der Waals surface area contributed by atoms with Gasteiger partial charge in [-0.1, -0.05) is 48.9 Å². The van der Waals surface area contributed by atoms with Crippen LogP contribution in [0.3, 0.4) is 0 Å². The topological polar surface area (TPSA) is 120 Å². The summed E-state index contributed by atoms with van der Waals surface area (Å²) in [7, 11) is 0. The second kappa shape index (κ2) is 8.83. The molecule has 0 spiro atoms. The summed E-state index contributed by atoms with van der Waals surface area (Å²) >= 11 is 0. The molecule has 1 aliphatic rings. The van der Waals surface area contributed by atoms with Gasteiger partial charge in [-0.05, 0) is 25.5 Å². The number of carbonyl (C=O) groups is 2. The minimum atomic E-state index is -0.604. The Morgan fingerprint density at radius 2 is 1.65 bits per heavy atom. The van der Waals surface area contributed by atoms with Crippen LogP contribution >= 0.6 is 0 Å². The third-order valence-electron chi connectivity index (χ3n) is 5.77. The molecule has 1 amide bonds. The summed E-state index contributed by atoms with van der Waals surface area (Å²) in [6, 6.07) is 13.9. The first kappa shape index (κ1) is 21.0. The average Bonchev–Trinajstić information content (AvgIpc) is 3.09. The van der Waals surface area contributed by atoms with Crippen LogP contribution in [0.1, 0.15) is 35.2 Å². The van der Waals surface area contributed by atoms with E-state index in [0.717, 1.165) is 18.4 Å². The van der Waals surface area contributed by atoms with Crippen LogP contribution in [0.15, 0.2) is 53.3 Å². The Morgan fingerprint density at radius 1 is 0.968 bits per heavy atom. The van der Waals surface area contributed by atoms with Crippen LogP contribution in [-0.4, -0.2) is 35.4 Å². The van der Waals surface area contributed by atoms with Crippen LogP contribution in [0.25, 0.3) is 22.0 Å². The number of nitrogens with one attached hydrogen (secondary N) is 1. The predicted octanol–water partition coefficient (Wildman–Crippen LogP) is 1.79. The largest absolute Gasteiger partial charge is 0.353 e. The Morgan fingerprint density at radius 3 is 2.39 bits per heavy atom. The second-order valence-electron chi connectivity index (χ2n) is 7.78. The number of hydrogen-bond acceptors (Lipinski definition) is 5. The maximum absolute atomic E-state index is 13.3. The molecule has 0 radical (unpaired) electrons. The van der Waals surface area contributed by atoms with Gasteiger partial charge < -0.3 is 21.4 Å². The fourth-order valence-electron chi connectivity index (χ4n) is 4.20. The van der Waals surface area contributed by atoms with Crippen molar-refractivity contribution in [3.8, 4) is 11.3 Å². The zero-order chi connectivity index (χ0) is 22.0. The molecule has 0 bridgehead atoms. The van der Waals surface area contributed by atoms with E-state index in [1.54, 1.807) is 22.8 Å². The van der Waals surface area contributed by atoms with Crippen molar-refractivity contribution in [1.29, 1.82) is 0 Å². The number of hydrogen-bond donors (Lipinski definition) is 3. The Bertz CT molecular complexity index is 1220. The number of pyridine rings is 1. The smallest absolute Gasteiger partial charge is 0.259 e. The van der Waals surface area contributed by atoms with E-state index in [9.17, 15) is 14.4 Å². The second-order valence-corrected chi connectivity index (χ2v) is 7.78. The molecule has 3 aromatic rings. The van der Waals surface area contributed by atoms with Crippen molar-refractivity contribution in [3.63, 3.8) is 0 Å². The van der Waals surface area contributed by atoms with Crippen LogP contribution in [0.5, 0.6) is 0 Å². The van der Waals surface area contributed by atoms with Gasteiger partial charge in [-0.3, -0.25) is 14.4 Å². The number of fused-ring (bicyclic) bond motifs is 5. The molecule has 0 saturated carbocycles. The van der Waals surface area contributed by atoms with Gasteiger partial charge in [0.15, 0.2) is 5.78 Å². The highest BCUT2D eigenvalue weighted by atomic mass is 16.2. The van der Waals surface area contributed by atoms with Crippen LogP contribution in [-0.2, 0) is 11.3 Å². The number of aromatic nitrogens is 1. The van der Waals surface area contributed by atoms with E-state index < -0.39 is 6.04 Å². The molecule has 0 fully saturated rings. The first-order valence-corrected chi connectivity index (χ1v) is 10.6. The Hall–Kier alpha value is -3.29. The summed E-state index contributed by atoms with van der Waals surface area (Å²) < 4.78 is 1.60.